The number of carbonyl (C=O) groups is 1. The van der Waals surface area contributed by atoms with Crippen LogP contribution in [0.25, 0.3) is 0 Å². The van der Waals surface area contributed by atoms with Crippen molar-refractivity contribution in [2.45, 2.75) is 38.1 Å². The Bertz CT molecular complexity index is 411. The lowest BCUT2D eigenvalue weighted by molar-refractivity contribution is 0.0592. The van der Waals surface area contributed by atoms with E-state index in [0.717, 1.165) is 18.5 Å². The second-order valence-electron chi connectivity index (χ2n) is 4.50. The van der Waals surface area contributed by atoms with Crippen molar-refractivity contribution in [3.8, 4) is 0 Å². The number of aromatic nitrogens is 3. The molecule has 1 fully saturated rings. The molecule has 1 aliphatic carbocycles. The predicted octanol–water partition coefficient (Wildman–Crippen LogP) is 1.37. The van der Waals surface area contributed by atoms with E-state index in [9.17, 15) is 4.79 Å². The number of nitrogens with zero attached hydrogens (tertiary/aromatic N) is 3. The molecule has 1 aliphatic rings. The van der Waals surface area contributed by atoms with Gasteiger partial charge in [-0.3, -0.25) is 0 Å². The summed E-state index contributed by atoms with van der Waals surface area (Å²) >= 11 is 0. The summed E-state index contributed by atoms with van der Waals surface area (Å²) in [7, 11) is 3.00. The molecule has 1 aromatic heterocycles. The smallest absolute Gasteiger partial charge is 0.360 e. The second-order valence-corrected chi connectivity index (χ2v) is 4.50. The number of carbonyl (C=O) groups excluding carboxylic acids is 1. The molecule has 1 aromatic rings. The number of methoxy groups -OCH3 is 2. The van der Waals surface area contributed by atoms with Crippen LogP contribution in [-0.2, 0) is 15.9 Å². The van der Waals surface area contributed by atoms with Gasteiger partial charge in [-0.05, 0) is 12.8 Å². The highest BCUT2D eigenvalue weighted by Crippen LogP contribution is 2.30. The average molecular weight is 253 g/mol. The fraction of sp³-hybridized carbons (Fsp3) is 0.750. The zero-order valence-electron chi connectivity index (χ0n) is 10.9. The van der Waals surface area contributed by atoms with Crippen molar-refractivity contribution in [2.75, 3.05) is 20.8 Å². The zero-order chi connectivity index (χ0) is 13.0. The Morgan fingerprint density at radius 1 is 1.39 bits per heavy atom. The van der Waals surface area contributed by atoms with E-state index in [-0.39, 0.29) is 0 Å². The maximum atomic E-state index is 11.6. The molecule has 0 N–H and O–H groups in total. The maximum Gasteiger partial charge on any atom is 0.360 e. The highest BCUT2D eigenvalue weighted by molar-refractivity contribution is 5.88. The van der Waals surface area contributed by atoms with Gasteiger partial charge in [0.25, 0.3) is 0 Å². The molecule has 0 spiro atoms. The van der Waals surface area contributed by atoms with Gasteiger partial charge in [0, 0.05) is 13.5 Å². The molecule has 0 aliphatic heterocycles. The van der Waals surface area contributed by atoms with Gasteiger partial charge in [-0.15, -0.1) is 5.10 Å². The maximum absolute atomic E-state index is 11.6. The van der Waals surface area contributed by atoms with Gasteiger partial charge in [-0.25, -0.2) is 9.48 Å². The van der Waals surface area contributed by atoms with E-state index < -0.39 is 5.97 Å². The molecule has 1 saturated carbocycles. The number of hydrogen-bond acceptors (Lipinski definition) is 5. The molecule has 18 heavy (non-hydrogen) atoms. The Kier molecular flexibility index (Phi) is 4.30. The van der Waals surface area contributed by atoms with Crippen molar-refractivity contribution >= 4 is 5.97 Å². The number of hydrogen-bond donors (Lipinski definition) is 0. The highest BCUT2D eigenvalue weighted by Gasteiger charge is 2.26. The van der Waals surface area contributed by atoms with Crippen LogP contribution in [0.1, 0.15) is 47.9 Å². The third kappa shape index (κ3) is 2.53. The van der Waals surface area contributed by atoms with Crippen LogP contribution in [0, 0.1) is 0 Å². The van der Waals surface area contributed by atoms with Crippen molar-refractivity contribution in [3.05, 3.63) is 11.4 Å². The van der Waals surface area contributed by atoms with Crippen LogP contribution in [-0.4, -0.2) is 41.8 Å². The lowest BCUT2D eigenvalue weighted by Crippen LogP contribution is -2.15. The first-order valence-corrected chi connectivity index (χ1v) is 6.29. The Labute approximate surface area is 106 Å². The minimum atomic E-state index is -0.426. The molecule has 0 aromatic carbocycles. The van der Waals surface area contributed by atoms with Gasteiger partial charge in [0.1, 0.15) is 0 Å². The van der Waals surface area contributed by atoms with Crippen LogP contribution in [0.15, 0.2) is 0 Å². The van der Waals surface area contributed by atoms with Crippen LogP contribution in [0.3, 0.4) is 0 Å². The normalized spacial score (nSPS) is 16.1. The van der Waals surface area contributed by atoms with Crippen LogP contribution >= 0.6 is 0 Å². The van der Waals surface area contributed by atoms with E-state index in [2.05, 4.69) is 10.3 Å². The zero-order valence-corrected chi connectivity index (χ0v) is 10.9. The first kappa shape index (κ1) is 13.0. The Hall–Kier alpha value is -1.43. The van der Waals surface area contributed by atoms with E-state index >= 15 is 0 Å². The summed E-state index contributed by atoms with van der Waals surface area (Å²) in [6.45, 7) is 0.546. The van der Waals surface area contributed by atoms with E-state index in [1.165, 1.54) is 20.0 Å². The van der Waals surface area contributed by atoms with Gasteiger partial charge in [-0.2, -0.15) is 0 Å². The van der Waals surface area contributed by atoms with Crippen molar-refractivity contribution < 1.29 is 14.3 Å². The molecule has 0 atom stereocenters. The Morgan fingerprint density at radius 2 is 2.11 bits per heavy atom. The van der Waals surface area contributed by atoms with Crippen molar-refractivity contribution in [3.63, 3.8) is 0 Å². The van der Waals surface area contributed by atoms with Gasteiger partial charge < -0.3 is 9.47 Å². The summed E-state index contributed by atoms with van der Waals surface area (Å²) in [6, 6.07) is 0.364. The molecule has 0 saturated heterocycles. The van der Waals surface area contributed by atoms with E-state index in [1.807, 2.05) is 4.68 Å². The molecular formula is C12H19N3O3. The summed E-state index contributed by atoms with van der Waals surface area (Å²) in [4.78, 5) is 11.6. The molecule has 100 valence electrons. The van der Waals surface area contributed by atoms with Crippen molar-refractivity contribution in [1.29, 1.82) is 0 Å². The topological polar surface area (TPSA) is 66.2 Å². The molecule has 0 unspecified atom stereocenters. The number of esters is 1. The highest BCUT2D eigenvalue weighted by atomic mass is 16.5. The summed E-state index contributed by atoms with van der Waals surface area (Å²) in [5.41, 5.74) is 1.15. The average Bonchev–Trinajstić information content (AvgIpc) is 3.03. The number of ether oxygens (including phenoxy) is 2. The Balaban J connectivity index is 2.27. The quantitative estimate of drug-likeness (QED) is 0.741. The molecular weight excluding hydrogens is 234 g/mol. The second kappa shape index (κ2) is 5.95. The minimum absolute atomic E-state index is 0.321. The third-order valence-corrected chi connectivity index (χ3v) is 3.38. The van der Waals surface area contributed by atoms with Gasteiger partial charge in [0.15, 0.2) is 5.69 Å². The van der Waals surface area contributed by atoms with Crippen LogP contribution < -0.4 is 0 Å². The molecule has 6 heteroatoms. The third-order valence-electron chi connectivity index (χ3n) is 3.38. The predicted molar refractivity (Wildman–Crippen MR) is 64.4 cm³/mol. The lowest BCUT2D eigenvalue weighted by Gasteiger charge is -2.13. The lowest BCUT2D eigenvalue weighted by atomic mass is 10.2. The van der Waals surface area contributed by atoms with Gasteiger partial charge in [0.2, 0.25) is 0 Å². The molecule has 6 nitrogen and oxygen atoms in total. The minimum Gasteiger partial charge on any atom is -0.464 e. The fourth-order valence-electron chi connectivity index (χ4n) is 2.44. The molecule has 0 radical (unpaired) electrons. The summed E-state index contributed by atoms with van der Waals surface area (Å²) < 4.78 is 11.7. The number of rotatable bonds is 5. The van der Waals surface area contributed by atoms with Crippen LogP contribution in [0.4, 0.5) is 0 Å². The van der Waals surface area contributed by atoms with Gasteiger partial charge >= 0.3 is 5.97 Å². The summed E-state index contributed by atoms with van der Waals surface area (Å²) in [5.74, 6) is -0.426. The van der Waals surface area contributed by atoms with Crippen LogP contribution in [0.5, 0.6) is 0 Å². The largest absolute Gasteiger partial charge is 0.464 e. The molecule has 0 bridgehead atoms. The molecule has 1 heterocycles. The standard InChI is InChI=1S/C12H19N3O3/c1-17-8-7-10-11(12(16)18-2)13-14-15(10)9-5-3-4-6-9/h9H,3-8H2,1-2H3. The fourth-order valence-corrected chi connectivity index (χ4v) is 2.44. The van der Waals surface area contributed by atoms with Crippen LogP contribution in [0.2, 0.25) is 0 Å². The van der Waals surface area contributed by atoms with E-state index in [0.29, 0.717) is 24.8 Å². The first-order chi connectivity index (χ1) is 8.77. The van der Waals surface area contributed by atoms with Crippen molar-refractivity contribution in [2.24, 2.45) is 0 Å². The van der Waals surface area contributed by atoms with Gasteiger partial charge in [0.05, 0.1) is 25.5 Å². The summed E-state index contributed by atoms with van der Waals surface area (Å²) in [5, 5.41) is 8.10. The van der Waals surface area contributed by atoms with Gasteiger partial charge in [-0.1, -0.05) is 18.1 Å². The Morgan fingerprint density at radius 3 is 2.72 bits per heavy atom. The first-order valence-electron chi connectivity index (χ1n) is 6.29. The van der Waals surface area contributed by atoms with E-state index in [1.54, 1.807) is 7.11 Å². The molecule has 2 rings (SSSR count). The summed E-state index contributed by atoms with van der Waals surface area (Å²) in [6.07, 6.45) is 5.25. The van der Waals surface area contributed by atoms with E-state index in [4.69, 9.17) is 9.47 Å². The molecule has 0 amide bonds. The monoisotopic (exact) mass is 253 g/mol. The van der Waals surface area contributed by atoms with Crippen molar-refractivity contribution in [1.82, 2.24) is 15.0 Å². The SMILES string of the molecule is COCCc1c(C(=O)OC)nnn1C1CCCC1.